The van der Waals surface area contributed by atoms with Gasteiger partial charge in [-0.3, -0.25) is 14.4 Å². The molecule has 0 fully saturated rings. The van der Waals surface area contributed by atoms with Crippen molar-refractivity contribution < 1.29 is 27.6 Å². The van der Waals surface area contributed by atoms with Crippen molar-refractivity contribution in [2.45, 2.75) is 52.4 Å². The maximum absolute atomic E-state index is 13.1. The van der Waals surface area contributed by atoms with Crippen LogP contribution in [-0.4, -0.2) is 36.2 Å². The van der Waals surface area contributed by atoms with Crippen molar-refractivity contribution in [2.75, 3.05) is 18.8 Å². The highest BCUT2D eigenvalue weighted by Gasteiger charge is 2.34. The highest BCUT2D eigenvalue weighted by molar-refractivity contribution is 9.10. The van der Waals surface area contributed by atoms with Gasteiger partial charge in [-0.05, 0) is 63.1 Å². The maximum Gasteiger partial charge on any atom is 0.418 e. The molecule has 2 aromatic carbocycles. The van der Waals surface area contributed by atoms with Gasteiger partial charge in [0.2, 0.25) is 5.91 Å². The summed E-state index contributed by atoms with van der Waals surface area (Å²) < 4.78 is 40.2. The van der Waals surface area contributed by atoms with Gasteiger partial charge in [-0.2, -0.15) is 13.2 Å². The number of hydrogen-bond acceptors (Lipinski definition) is 5. The lowest BCUT2D eigenvalue weighted by molar-refractivity contribution is -0.137. The second-order valence-corrected chi connectivity index (χ2v) is 10.7. The molecule has 0 spiro atoms. The Balaban J connectivity index is 2.04. The van der Waals surface area contributed by atoms with Gasteiger partial charge in [0, 0.05) is 29.5 Å². The largest absolute Gasteiger partial charge is 0.418 e. The molecule has 2 aromatic rings. The van der Waals surface area contributed by atoms with Crippen LogP contribution >= 0.6 is 15.9 Å². The van der Waals surface area contributed by atoms with Gasteiger partial charge in [-0.25, -0.2) is 0 Å². The van der Waals surface area contributed by atoms with Gasteiger partial charge < -0.3 is 21.7 Å². The number of rotatable bonds is 10. The first-order valence-electron chi connectivity index (χ1n) is 11.6. The number of para-hydroxylation sites is 1. The molecule has 2 amide bonds. The lowest BCUT2D eigenvalue weighted by atomic mass is 9.98. The number of alkyl halides is 3. The van der Waals surface area contributed by atoms with Crippen LogP contribution in [0.2, 0.25) is 0 Å². The lowest BCUT2D eigenvalue weighted by Crippen LogP contribution is -2.47. The van der Waals surface area contributed by atoms with Crippen LogP contribution < -0.4 is 21.7 Å². The third kappa shape index (κ3) is 9.47. The van der Waals surface area contributed by atoms with Crippen molar-refractivity contribution in [3.8, 4) is 0 Å². The summed E-state index contributed by atoms with van der Waals surface area (Å²) >= 11 is 3.42. The van der Waals surface area contributed by atoms with Crippen LogP contribution in [-0.2, 0) is 22.3 Å². The molecule has 202 valence electrons. The Labute approximate surface area is 222 Å². The smallest absolute Gasteiger partial charge is 0.398 e. The van der Waals surface area contributed by atoms with E-state index in [0.29, 0.717) is 6.54 Å². The molecular formula is C26H32BrF3N4O3. The van der Waals surface area contributed by atoms with Crippen LogP contribution in [0.5, 0.6) is 0 Å². The normalized spacial score (nSPS) is 12.6. The molecule has 0 saturated heterocycles. The van der Waals surface area contributed by atoms with Gasteiger partial charge in [0.1, 0.15) is 0 Å². The molecule has 0 bridgehead atoms. The zero-order valence-electron chi connectivity index (χ0n) is 21.2. The molecule has 7 nitrogen and oxygen atoms in total. The van der Waals surface area contributed by atoms with E-state index in [1.54, 1.807) is 0 Å². The Kier molecular flexibility index (Phi) is 10.3. The van der Waals surface area contributed by atoms with Crippen molar-refractivity contribution in [2.24, 2.45) is 5.92 Å². The van der Waals surface area contributed by atoms with E-state index >= 15 is 0 Å². The zero-order chi connectivity index (χ0) is 28.0. The number of benzene rings is 2. The Morgan fingerprint density at radius 1 is 1.08 bits per heavy atom. The van der Waals surface area contributed by atoms with Crippen LogP contribution in [0.4, 0.5) is 18.9 Å². The van der Waals surface area contributed by atoms with E-state index in [4.69, 9.17) is 5.73 Å². The summed E-state index contributed by atoms with van der Waals surface area (Å²) in [4.78, 5) is 38.0. The van der Waals surface area contributed by atoms with Crippen LogP contribution in [0.25, 0.3) is 0 Å². The third-order valence-corrected chi connectivity index (χ3v) is 5.95. The SMILES string of the molecule is Cc1cc(Br)ccc1CNC[C@H](CC(=O)CNC(=O)c1cccc(C(F)(F)F)c1N)C(=O)NC(C)(C)C. The maximum atomic E-state index is 13.1. The summed E-state index contributed by atoms with van der Waals surface area (Å²) in [5.74, 6) is -2.40. The quantitative estimate of drug-likeness (QED) is 0.310. The lowest BCUT2D eigenvalue weighted by Gasteiger charge is -2.25. The Morgan fingerprint density at radius 3 is 2.35 bits per heavy atom. The number of Topliss-reactive ketones (excluding diaryl/α,β-unsaturated/α-hetero) is 1. The molecule has 0 aliphatic heterocycles. The number of nitrogen functional groups attached to an aromatic ring is 1. The third-order valence-electron chi connectivity index (χ3n) is 5.46. The highest BCUT2D eigenvalue weighted by atomic mass is 79.9. The van der Waals surface area contributed by atoms with Crippen molar-refractivity contribution in [1.82, 2.24) is 16.0 Å². The molecule has 0 saturated carbocycles. The minimum Gasteiger partial charge on any atom is -0.398 e. The summed E-state index contributed by atoms with van der Waals surface area (Å²) in [5.41, 5.74) is 4.91. The number of hydrogen-bond donors (Lipinski definition) is 4. The highest BCUT2D eigenvalue weighted by Crippen LogP contribution is 2.34. The fraction of sp³-hybridized carbons (Fsp3) is 0.423. The van der Waals surface area contributed by atoms with Crippen LogP contribution in [0.1, 0.15) is 54.2 Å². The fourth-order valence-electron chi connectivity index (χ4n) is 3.60. The van der Waals surface area contributed by atoms with E-state index in [2.05, 4.69) is 31.9 Å². The van der Waals surface area contributed by atoms with E-state index < -0.39 is 47.1 Å². The second kappa shape index (κ2) is 12.6. The number of aryl methyl sites for hydroxylation is 1. The standard InChI is InChI=1S/C26H32BrF3N4O3/c1-15-10-18(27)9-8-16(15)12-32-13-17(23(36)34-25(2,3)4)11-19(35)14-33-24(37)20-6-5-7-21(22(20)31)26(28,29)30/h5-10,17,32H,11-14,31H2,1-4H3,(H,33,37)(H,34,36)/t17-/m0/s1. The van der Waals surface area contributed by atoms with Crippen molar-refractivity contribution in [1.29, 1.82) is 0 Å². The number of nitrogens with one attached hydrogen (secondary N) is 3. The summed E-state index contributed by atoms with van der Waals surface area (Å²) in [5, 5.41) is 8.39. The monoisotopic (exact) mass is 584 g/mol. The molecule has 0 radical (unpaired) electrons. The van der Waals surface area contributed by atoms with Gasteiger partial charge in [0.25, 0.3) is 5.91 Å². The number of halogens is 4. The summed E-state index contributed by atoms with van der Waals surface area (Å²) in [6, 6.07) is 8.84. The molecule has 0 aliphatic carbocycles. The summed E-state index contributed by atoms with van der Waals surface area (Å²) in [7, 11) is 0. The fourth-order valence-corrected chi connectivity index (χ4v) is 4.07. The molecule has 5 N–H and O–H groups in total. The minimum absolute atomic E-state index is 0.174. The van der Waals surface area contributed by atoms with Crippen LogP contribution in [0.3, 0.4) is 0 Å². The van der Waals surface area contributed by atoms with Crippen molar-refractivity contribution in [3.63, 3.8) is 0 Å². The minimum atomic E-state index is -4.72. The second-order valence-electron chi connectivity index (χ2n) is 9.83. The number of carbonyl (C=O) groups is 3. The topological polar surface area (TPSA) is 113 Å². The van der Waals surface area contributed by atoms with E-state index in [9.17, 15) is 27.6 Å². The average Bonchev–Trinajstić information content (AvgIpc) is 2.76. The summed E-state index contributed by atoms with van der Waals surface area (Å²) in [6.45, 7) is 7.66. The Hall–Kier alpha value is -2.92. The van der Waals surface area contributed by atoms with Gasteiger partial charge in [-0.1, -0.05) is 28.1 Å². The molecule has 11 heteroatoms. The van der Waals surface area contributed by atoms with E-state index in [1.807, 2.05) is 45.9 Å². The molecule has 0 aliphatic rings. The van der Waals surface area contributed by atoms with Crippen LogP contribution in [0.15, 0.2) is 40.9 Å². The Morgan fingerprint density at radius 2 is 1.76 bits per heavy atom. The molecule has 2 rings (SSSR count). The number of nitrogens with two attached hydrogens (primary N) is 1. The van der Waals surface area contributed by atoms with E-state index in [-0.39, 0.29) is 24.4 Å². The molecule has 0 unspecified atom stereocenters. The van der Waals surface area contributed by atoms with E-state index in [1.165, 1.54) is 0 Å². The molecule has 1 atom stereocenters. The van der Waals surface area contributed by atoms with Gasteiger partial charge in [-0.15, -0.1) is 0 Å². The number of anilines is 1. The number of carbonyl (C=O) groups excluding carboxylic acids is 3. The first-order chi connectivity index (χ1) is 17.1. The molecule has 0 aromatic heterocycles. The predicted octanol–water partition coefficient (Wildman–Crippen LogP) is 4.37. The predicted molar refractivity (Wildman–Crippen MR) is 140 cm³/mol. The Bertz CT molecular complexity index is 1150. The van der Waals surface area contributed by atoms with Gasteiger partial charge in [0.05, 0.1) is 29.3 Å². The van der Waals surface area contributed by atoms with Gasteiger partial charge >= 0.3 is 6.18 Å². The molecule has 0 heterocycles. The van der Waals surface area contributed by atoms with Crippen LogP contribution in [0, 0.1) is 12.8 Å². The number of amides is 2. The number of ketones is 1. The summed E-state index contributed by atoms with van der Waals surface area (Å²) in [6.07, 6.45) is -4.89. The van der Waals surface area contributed by atoms with Crippen molar-refractivity contribution in [3.05, 3.63) is 63.1 Å². The molecule has 37 heavy (non-hydrogen) atoms. The average molecular weight is 585 g/mol. The van der Waals surface area contributed by atoms with Gasteiger partial charge in [0.15, 0.2) is 5.78 Å². The first kappa shape index (κ1) is 30.3. The van der Waals surface area contributed by atoms with Crippen molar-refractivity contribution >= 4 is 39.2 Å². The van der Waals surface area contributed by atoms with E-state index in [0.717, 1.165) is 33.8 Å². The zero-order valence-corrected chi connectivity index (χ0v) is 22.8. The molecular weight excluding hydrogens is 553 g/mol. The first-order valence-corrected chi connectivity index (χ1v) is 12.4.